The number of halogens is 4. The summed E-state index contributed by atoms with van der Waals surface area (Å²) in [7, 11) is 1.77. The standard InChI is InChI=1S/C30H22.C19H13F3N2O.C6H5I/c1-3-11-21(12-4-1)29-25-17-9-7-15-23(25)19-27(29)28-20-24-16-8-10-18-26(24)30(28)22-13-5-2-6-14-22;1-23-16-12-6-4-9-14(16)8-2-3-10-15-11-5-7-13-17(15)24-18(25)19(20,21)22;7-6-4-2-1-3-5-6/h1-18H,19-20H2;4-7,9,11-13,23H,1H3,(H,24,25);1-5H. The third kappa shape index (κ3) is 10.6. The normalized spacial score (nSPS) is 12.1. The van der Waals surface area contributed by atoms with Crippen molar-refractivity contribution in [1.29, 1.82) is 0 Å². The second-order valence-corrected chi connectivity index (χ2v) is 15.4. The molecule has 0 bridgehead atoms. The lowest BCUT2D eigenvalue weighted by Crippen LogP contribution is -2.30. The van der Waals surface area contributed by atoms with E-state index in [1.807, 2.05) is 42.5 Å². The van der Waals surface area contributed by atoms with Crippen LogP contribution in [0.3, 0.4) is 0 Å². The van der Waals surface area contributed by atoms with Gasteiger partial charge in [0.1, 0.15) is 0 Å². The average Bonchev–Trinajstić information content (AvgIpc) is 3.89. The molecule has 0 heterocycles. The van der Waals surface area contributed by atoms with Gasteiger partial charge in [-0.2, -0.15) is 13.2 Å². The van der Waals surface area contributed by atoms with Gasteiger partial charge >= 0.3 is 12.1 Å². The van der Waals surface area contributed by atoms with Crippen LogP contribution in [0.2, 0.25) is 0 Å². The summed E-state index contributed by atoms with van der Waals surface area (Å²) >= 11 is 2.28. The lowest BCUT2D eigenvalue weighted by molar-refractivity contribution is -0.167. The Labute approximate surface area is 374 Å². The molecule has 3 nitrogen and oxygen atoms in total. The van der Waals surface area contributed by atoms with Gasteiger partial charge in [-0.3, -0.25) is 4.79 Å². The van der Waals surface area contributed by atoms with E-state index in [0.29, 0.717) is 0 Å². The van der Waals surface area contributed by atoms with Crippen molar-refractivity contribution in [3.63, 3.8) is 0 Å². The summed E-state index contributed by atoms with van der Waals surface area (Å²) in [5.41, 5.74) is 15.9. The summed E-state index contributed by atoms with van der Waals surface area (Å²) in [6, 6.07) is 63.2. The zero-order chi connectivity index (χ0) is 43.3. The van der Waals surface area contributed by atoms with Crippen molar-refractivity contribution in [2.45, 2.75) is 19.0 Å². The van der Waals surface area contributed by atoms with Gasteiger partial charge in [-0.25, -0.2) is 0 Å². The molecule has 2 N–H and O–H groups in total. The maximum atomic E-state index is 12.4. The van der Waals surface area contributed by atoms with Gasteiger partial charge in [-0.05, 0) is 139 Å². The van der Waals surface area contributed by atoms with Gasteiger partial charge in [-0.15, -0.1) is 0 Å². The molecule has 0 aliphatic heterocycles. The van der Waals surface area contributed by atoms with Crippen molar-refractivity contribution in [3.05, 3.63) is 247 Å². The average molecular weight is 929 g/mol. The Hall–Kier alpha value is -7.07. The Balaban J connectivity index is 0.000000164. The fourth-order valence-corrected chi connectivity index (χ4v) is 7.84. The van der Waals surface area contributed by atoms with Crippen molar-refractivity contribution < 1.29 is 18.0 Å². The van der Waals surface area contributed by atoms with E-state index in [-0.39, 0.29) is 11.3 Å². The number of benzene rings is 7. The number of anilines is 2. The highest BCUT2D eigenvalue weighted by Gasteiger charge is 2.39. The predicted octanol–water partition coefficient (Wildman–Crippen LogP) is 13.0. The molecule has 304 valence electrons. The molecule has 62 heavy (non-hydrogen) atoms. The molecule has 0 saturated heterocycles. The minimum atomic E-state index is -4.96. The number of amides is 1. The smallest absolute Gasteiger partial charge is 0.387 e. The molecule has 7 aromatic rings. The molecule has 0 aromatic heterocycles. The molecule has 7 heteroatoms. The number of para-hydroxylation sites is 2. The molecular weight excluding hydrogens is 889 g/mol. The number of nitrogens with one attached hydrogen (secondary N) is 2. The van der Waals surface area contributed by atoms with Crippen molar-refractivity contribution in [2.75, 3.05) is 17.7 Å². The third-order valence-electron chi connectivity index (χ3n) is 10.2. The molecule has 1 amide bonds. The fourth-order valence-electron chi connectivity index (χ4n) is 7.42. The molecule has 9 rings (SSSR count). The summed E-state index contributed by atoms with van der Waals surface area (Å²) < 4.78 is 38.4. The first-order valence-corrected chi connectivity index (χ1v) is 21.0. The SMILES string of the molecule is CNc1ccccc1C#CC#Cc1ccccc1NC(=O)C(F)(F)F.Ic1ccccc1.c1ccc(C2=C(C3=C(c4ccccc4)c4ccccc4C3)Cc3ccccc32)cc1. The van der Waals surface area contributed by atoms with E-state index < -0.39 is 12.1 Å². The minimum Gasteiger partial charge on any atom is -0.387 e. The summed E-state index contributed by atoms with van der Waals surface area (Å²) in [5, 5.41) is 4.80. The second kappa shape index (κ2) is 20.5. The van der Waals surface area contributed by atoms with Gasteiger partial charge < -0.3 is 10.6 Å². The van der Waals surface area contributed by atoms with Gasteiger partial charge in [0.2, 0.25) is 0 Å². The summed E-state index contributed by atoms with van der Waals surface area (Å²) in [4.78, 5) is 11.1. The van der Waals surface area contributed by atoms with Gasteiger partial charge in [0.05, 0.1) is 5.69 Å². The van der Waals surface area contributed by atoms with E-state index in [4.69, 9.17) is 0 Å². The zero-order valence-corrected chi connectivity index (χ0v) is 35.9. The summed E-state index contributed by atoms with van der Waals surface area (Å²) in [6.07, 6.45) is -2.96. The quantitative estimate of drug-likeness (QED) is 0.133. The van der Waals surface area contributed by atoms with Crippen molar-refractivity contribution >= 4 is 51.0 Å². The number of fused-ring (bicyclic) bond motifs is 2. The lowest BCUT2D eigenvalue weighted by atomic mass is 9.90. The number of alkyl halides is 3. The molecule has 0 spiro atoms. The van der Waals surface area contributed by atoms with Gasteiger partial charge in [-0.1, -0.05) is 164 Å². The van der Waals surface area contributed by atoms with E-state index in [1.165, 1.54) is 77.4 Å². The van der Waals surface area contributed by atoms with Gasteiger partial charge in [0, 0.05) is 27.4 Å². The number of carbonyl (C=O) groups excluding carboxylic acids is 1. The number of hydrogen-bond donors (Lipinski definition) is 2. The van der Waals surface area contributed by atoms with E-state index in [2.05, 4.69) is 173 Å². The molecule has 0 radical (unpaired) electrons. The van der Waals surface area contributed by atoms with Crippen LogP contribution < -0.4 is 10.6 Å². The van der Waals surface area contributed by atoms with Gasteiger partial charge in [0.15, 0.2) is 0 Å². The predicted molar refractivity (Wildman–Crippen MR) is 255 cm³/mol. The van der Waals surface area contributed by atoms with Crippen molar-refractivity contribution in [3.8, 4) is 23.7 Å². The van der Waals surface area contributed by atoms with Gasteiger partial charge in [0.25, 0.3) is 0 Å². The van der Waals surface area contributed by atoms with Crippen molar-refractivity contribution in [2.24, 2.45) is 0 Å². The molecule has 0 unspecified atom stereocenters. The Morgan fingerprint density at radius 1 is 0.516 bits per heavy atom. The Kier molecular flexibility index (Phi) is 14.2. The highest BCUT2D eigenvalue weighted by atomic mass is 127. The van der Waals surface area contributed by atoms with E-state index >= 15 is 0 Å². The summed E-state index contributed by atoms with van der Waals surface area (Å²) in [6.45, 7) is 0. The molecule has 2 aliphatic rings. The van der Waals surface area contributed by atoms with Crippen LogP contribution in [-0.4, -0.2) is 19.1 Å². The first-order valence-electron chi connectivity index (χ1n) is 19.9. The number of allylic oxidation sites excluding steroid dienone is 2. The Morgan fingerprint density at radius 2 is 0.903 bits per heavy atom. The maximum absolute atomic E-state index is 12.4. The lowest BCUT2D eigenvalue weighted by Gasteiger charge is -2.14. The molecule has 2 aliphatic carbocycles. The monoisotopic (exact) mass is 928 g/mol. The van der Waals surface area contributed by atoms with Crippen LogP contribution in [0.15, 0.2) is 199 Å². The van der Waals surface area contributed by atoms with Crippen LogP contribution in [0.25, 0.3) is 11.1 Å². The number of hydrogen-bond acceptors (Lipinski definition) is 2. The molecule has 7 aromatic carbocycles. The van der Waals surface area contributed by atoms with E-state index in [0.717, 1.165) is 24.1 Å². The van der Waals surface area contributed by atoms with Crippen LogP contribution in [0.1, 0.15) is 44.5 Å². The highest BCUT2D eigenvalue weighted by molar-refractivity contribution is 14.1. The van der Waals surface area contributed by atoms with E-state index in [1.54, 1.807) is 18.4 Å². The largest absolute Gasteiger partial charge is 0.471 e. The zero-order valence-electron chi connectivity index (χ0n) is 33.7. The van der Waals surface area contributed by atoms with Crippen LogP contribution in [0.4, 0.5) is 24.5 Å². The van der Waals surface area contributed by atoms with Crippen LogP contribution in [0.5, 0.6) is 0 Å². The van der Waals surface area contributed by atoms with Crippen LogP contribution >= 0.6 is 22.6 Å². The highest BCUT2D eigenvalue weighted by Crippen LogP contribution is 2.47. The molecule has 0 fully saturated rings. The van der Waals surface area contributed by atoms with E-state index in [9.17, 15) is 18.0 Å². The second-order valence-electron chi connectivity index (χ2n) is 14.2. The topological polar surface area (TPSA) is 41.1 Å². The molecular formula is C55H40F3IN2O. The Morgan fingerprint density at radius 3 is 1.34 bits per heavy atom. The maximum Gasteiger partial charge on any atom is 0.471 e. The minimum absolute atomic E-state index is 0.0188. The molecule has 0 atom stereocenters. The van der Waals surface area contributed by atoms with Crippen LogP contribution in [-0.2, 0) is 17.6 Å². The van der Waals surface area contributed by atoms with Crippen molar-refractivity contribution in [1.82, 2.24) is 0 Å². The third-order valence-corrected chi connectivity index (χ3v) is 10.9. The summed E-state index contributed by atoms with van der Waals surface area (Å²) in [5.74, 6) is 8.70. The van der Waals surface area contributed by atoms with Crippen LogP contribution in [0, 0.1) is 27.3 Å². The molecule has 0 saturated carbocycles. The first-order chi connectivity index (χ1) is 30.2. The number of rotatable bonds is 5. The number of carbonyl (C=O) groups is 1. The fraction of sp³-hybridized carbons (Fsp3) is 0.0727. The first kappa shape index (κ1) is 43.0. The Bertz CT molecular complexity index is 2770.